The van der Waals surface area contributed by atoms with Gasteiger partial charge in [0.05, 0.1) is 13.4 Å². The fourth-order valence-electron chi connectivity index (χ4n) is 2.79. The SMILES string of the molecule is COc1ccc(NC(=O)/C(=C\c2ccc3c(c2)OCO3)NC(=O)c2ccco2)cc1. The Hall–Kier alpha value is -4.20. The monoisotopic (exact) mass is 406 g/mol. The van der Waals surface area contributed by atoms with Crippen LogP contribution in [-0.2, 0) is 4.79 Å². The number of nitrogens with one attached hydrogen (secondary N) is 2. The fraction of sp³-hybridized carbons (Fsp3) is 0.0909. The van der Waals surface area contributed by atoms with Gasteiger partial charge in [-0.2, -0.15) is 0 Å². The summed E-state index contributed by atoms with van der Waals surface area (Å²) < 4.78 is 20.9. The van der Waals surface area contributed by atoms with Crippen molar-refractivity contribution < 1.29 is 28.2 Å². The van der Waals surface area contributed by atoms with E-state index in [9.17, 15) is 9.59 Å². The van der Waals surface area contributed by atoms with E-state index in [0.717, 1.165) is 0 Å². The Kier molecular flexibility index (Phi) is 5.38. The van der Waals surface area contributed by atoms with Crippen molar-refractivity contribution in [1.82, 2.24) is 5.32 Å². The van der Waals surface area contributed by atoms with Crippen LogP contribution in [0.25, 0.3) is 6.08 Å². The molecule has 2 amide bonds. The van der Waals surface area contributed by atoms with Crippen molar-refractivity contribution in [3.8, 4) is 17.2 Å². The van der Waals surface area contributed by atoms with Crippen LogP contribution in [-0.4, -0.2) is 25.7 Å². The Morgan fingerprint density at radius 2 is 1.83 bits per heavy atom. The van der Waals surface area contributed by atoms with Crippen molar-refractivity contribution in [2.75, 3.05) is 19.2 Å². The molecule has 0 bridgehead atoms. The molecule has 152 valence electrons. The van der Waals surface area contributed by atoms with E-state index in [2.05, 4.69) is 10.6 Å². The van der Waals surface area contributed by atoms with Gasteiger partial charge in [0.1, 0.15) is 11.4 Å². The molecule has 2 heterocycles. The molecule has 2 aromatic carbocycles. The number of carbonyl (C=O) groups excluding carboxylic acids is 2. The highest BCUT2D eigenvalue weighted by Crippen LogP contribution is 2.33. The van der Waals surface area contributed by atoms with Crippen molar-refractivity contribution in [3.05, 3.63) is 77.9 Å². The molecule has 1 aliphatic heterocycles. The lowest BCUT2D eigenvalue weighted by Gasteiger charge is -2.11. The van der Waals surface area contributed by atoms with E-state index in [4.69, 9.17) is 18.6 Å². The van der Waals surface area contributed by atoms with Crippen molar-refractivity contribution in [2.24, 2.45) is 0 Å². The minimum atomic E-state index is -0.545. The van der Waals surface area contributed by atoms with Crippen molar-refractivity contribution in [3.63, 3.8) is 0 Å². The van der Waals surface area contributed by atoms with Gasteiger partial charge in [0.2, 0.25) is 6.79 Å². The normalized spacial score (nSPS) is 12.4. The molecule has 0 fully saturated rings. The van der Waals surface area contributed by atoms with Crippen LogP contribution in [0.5, 0.6) is 17.2 Å². The number of benzene rings is 2. The first kappa shape index (κ1) is 19.1. The number of anilines is 1. The van der Waals surface area contributed by atoms with Gasteiger partial charge in [-0.25, -0.2) is 0 Å². The van der Waals surface area contributed by atoms with Crippen molar-refractivity contribution >= 4 is 23.6 Å². The highest BCUT2D eigenvalue weighted by Gasteiger charge is 2.18. The summed E-state index contributed by atoms with van der Waals surface area (Å²) in [6, 6.07) is 15.2. The van der Waals surface area contributed by atoms with Crippen LogP contribution < -0.4 is 24.8 Å². The van der Waals surface area contributed by atoms with E-state index in [1.165, 1.54) is 12.3 Å². The summed E-state index contributed by atoms with van der Waals surface area (Å²) in [5.41, 5.74) is 1.23. The standard InChI is InChI=1S/C22H18N2O6/c1-27-16-7-5-15(6-8-16)23-21(25)17(24-22(26)19-3-2-10-28-19)11-14-4-9-18-20(12-14)30-13-29-18/h2-12H,13H2,1H3,(H,23,25)(H,24,26)/b17-11+. The fourth-order valence-corrected chi connectivity index (χ4v) is 2.79. The Morgan fingerprint density at radius 3 is 2.57 bits per heavy atom. The van der Waals surface area contributed by atoms with E-state index < -0.39 is 11.8 Å². The highest BCUT2D eigenvalue weighted by atomic mass is 16.7. The number of amides is 2. The topological polar surface area (TPSA) is 99.0 Å². The second-order valence-corrected chi connectivity index (χ2v) is 6.28. The Balaban J connectivity index is 1.60. The summed E-state index contributed by atoms with van der Waals surface area (Å²) in [7, 11) is 1.56. The van der Waals surface area contributed by atoms with Gasteiger partial charge < -0.3 is 29.3 Å². The second-order valence-electron chi connectivity index (χ2n) is 6.28. The molecule has 0 atom stereocenters. The van der Waals surface area contributed by atoms with Crippen molar-refractivity contribution in [2.45, 2.75) is 0 Å². The maximum absolute atomic E-state index is 12.9. The van der Waals surface area contributed by atoms with Crippen LogP contribution in [0.15, 0.2) is 71.0 Å². The minimum Gasteiger partial charge on any atom is -0.497 e. The molecular formula is C22H18N2O6. The average molecular weight is 406 g/mol. The largest absolute Gasteiger partial charge is 0.497 e. The Morgan fingerprint density at radius 1 is 1.03 bits per heavy atom. The number of carbonyl (C=O) groups is 2. The molecular weight excluding hydrogens is 388 g/mol. The molecule has 0 aliphatic carbocycles. The average Bonchev–Trinajstić information content (AvgIpc) is 3.45. The van der Waals surface area contributed by atoms with E-state index >= 15 is 0 Å². The number of furan rings is 1. The predicted octanol–water partition coefficient (Wildman–Crippen LogP) is 3.43. The molecule has 30 heavy (non-hydrogen) atoms. The van der Waals surface area contributed by atoms with Gasteiger partial charge in [-0.05, 0) is 60.2 Å². The molecule has 0 spiro atoms. The third-order valence-corrected chi connectivity index (χ3v) is 4.29. The van der Waals surface area contributed by atoms with Crippen LogP contribution >= 0.6 is 0 Å². The van der Waals surface area contributed by atoms with E-state index in [-0.39, 0.29) is 18.3 Å². The summed E-state index contributed by atoms with van der Waals surface area (Å²) in [5.74, 6) is 0.890. The predicted molar refractivity (Wildman–Crippen MR) is 108 cm³/mol. The molecule has 4 rings (SSSR count). The number of hydrogen-bond acceptors (Lipinski definition) is 6. The number of hydrogen-bond donors (Lipinski definition) is 2. The summed E-state index contributed by atoms with van der Waals surface area (Å²) in [6.07, 6.45) is 2.93. The number of rotatable bonds is 6. The molecule has 1 aromatic heterocycles. The van der Waals surface area contributed by atoms with Crippen LogP contribution in [0.1, 0.15) is 16.1 Å². The van der Waals surface area contributed by atoms with Crippen LogP contribution in [0.3, 0.4) is 0 Å². The van der Waals surface area contributed by atoms with Gasteiger partial charge in [-0.3, -0.25) is 9.59 Å². The van der Waals surface area contributed by atoms with Gasteiger partial charge in [0.15, 0.2) is 17.3 Å². The third-order valence-electron chi connectivity index (χ3n) is 4.29. The summed E-state index contributed by atoms with van der Waals surface area (Å²) in [6.45, 7) is 0.141. The molecule has 0 unspecified atom stereocenters. The zero-order chi connectivity index (χ0) is 20.9. The molecule has 0 saturated carbocycles. The lowest BCUT2D eigenvalue weighted by atomic mass is 10.1. The summed E-state index contributed by atoms with van der Waals surface area (Å²) in [4.78, 5) is 25.3. The third kappa shape index (κ3) is 4.27. The first-order valence-corrected chi connectivity index (χ1v) is 9.04. The smallest absolute Gasteiger partial charge is 0.291 e. The summed E-state index contributed by atoms with van der Waals surface area (Å²) in [5, 5.41) is 5.35. The molecule has 0 saturated heterocycles. The van der Waals surface area contributed by atoms with E-state index in [0.29, 0.717) is 28.5 Å². The molecule has 1 aliphatic rings. The van der Waals surface area contributed by atoms with Gasteiger partial charge in [-0.15, -0.1) is 0 Å². The van der Waals surface area contributed by atoms with Gasteiger partial charge >= 0.3 is 0 Å². The zero-order valence-corrected chi connectivity index (χ0v) is 16.0. The van der Waals surface area contributed by atoms with Crippen LogP contribution in [0.2, 0.25) is 0 Å². The quantitative estimate of drug-likeness (QED) is 0.609. The van der Waals surface area contributed by atoms with Crippen LogP contribution in [0, 0.1) is 0 Å². The number of fused-ring (bicyclic) bond motifs is 1. The summed E-state index contributed by atoms with van der Waals surface area (Å²) >= 11 is 0. The lowest BCUT2D eigenvalue weighted by Crippen LogP contribution is -2.30. The molecule has 8 heteroatoms. The van der Waals surface area contributed by atoms with Gasteiger partial charge in [0.25, 0.3) is 11.8 Å². The van der Waals surface area contributed by atoms with Gasteiger partial charge in [-0.1, -0.05) is 6.07 Å². The van der Waals surface area contributed by atoms with Crippen LogP contribution in [0.4, 0.5) is 5.69 Å². The maximum Gasteiger partial charge on any atom is 0.291 e. The Labute approximate surface area is 172 Å². The number of methoxy groups -OCH3 is 1. The van der Waals surface area contributed by atoms with Gasteiger partial charge in [0, 0.05) is 5.69 Å². The molecule has 8 nitrogen and oxygen atoms in total. The zero-order valence-electron chi connectivity index (χ0n) is 16.0. The minimum absolute atomic E-state index is 0.0334. The lowest BCUT2D eigenvalue weighted by molar-refractivity contribution is -0.113. The maximum atomic E-state index is 12.9. The van der Waals surface area contributed by atoms with E-state index in [1.807, 2.05) is 0 Å². The molecule has 2 N–H and O–H groups in total. The molecule has 0 radical (unpaired) electrons. The molecule has 3 aromatic rings. The first-order chi connectivity index (χ1) is 14.6. The second kappa shape index (κ2) is 8.44. The first-order valence-electron chi connectivity index (χ1n) is 9.04. The Bertz CT molecular complexity index is 1090. The van der Waals surface area contributed by atoms with Crippen molar-refractivity contribution in [1.29, 1.82) is 0 Å². The number of ether oxygens (including phenoxy) is 3. The highest BCUT2D eigenvalue weighted by molar-refractivity contribution is 6.10. The van der Waals surface area contributed by atoms with E-state index in [1.54, 1.807) is 61.7 Å².